The highest BCUT2D eigenvalue weighted by atomic mass is 16.4. The third-order valence-corrected chi connectivity index (χ3v) is 7.25. The maximum atomic E-state index is 12.3. The lowest BCUT2D eigenvalue weighted by atomic mass is 9.63. The fourth-order valence-corrected chi connectivity index (χ4v) is 5.63. The van der Waals surface area contributed by atoms with E-state index in [9.17, 15) is 9.59 Å². The lowest BCUT2D eigenvalue weighted by Gasteiger charge is -2.42. The number of carbonyl (C=O) groups is 2. The highest BCUT2D eigenvalue weighted by Gasteiger charge is 2.36. The van der Waals surface area contributed by atoms with Crippen molar-refractivity contribution in [2.24, 2.45) is 23.5 Å². The molecule has 4 atom stereocenters. The van der Waals surface area contributed by atoms with Gasteiger partial charge < -0.3 is 21.5 Å². The number of amides is 2. The van der Waals surface area contributed by atoms with Crippen LogP contribution in [0.1, 0.15) is 62.0 Å². The zero-order chi connectivity index (χ0) is 22.5. The van der Waals surface area contributed by atoms with Crippen LogP contribution >= 0.6 is 0 Å². The lowest BCUT2D eigenvalue weighted by Crippen LogP contribution is -2.31. The molecule has 5 N–H and O–H groups in total. The van der Waals surface area contributed by atoms with Gasteiger partial charge in [0.15, 0.2) is 0 Å². The Morgan fingerprint density at radius 3 is 2.38 bits per heavy atom. The minimum Gasteiger partial charge on any atom is -0.481 e. The van der Waals surface area contributed by atoms with Crippen molar-refractivity contribution in [1.29, 1.82) is 0 Å². The number of carboxylic acid groups (broad SMARTS) is 1. The number of benzene rings is 2. The van der Waals surface area contributed by atoms with Gasteiger partial charge in [0, 0.05) is 24.3 Å². The molecule has 0 aliphatic heterocycles. The molecule has 4 rings (SSSR count). The first-order chi connectivity index (χ1) is 15.5. The Morgan fingerprint density at radius 2 is 1.62 bits per heavy atom. The third kappa shape index (κ3) is 5.68. The molecule has 6 heteroatoms. The summed E-state index contributed by atoms with van der Waals surface area (Å²) in [7, 11) is 0. The van der Waals surface area contributed by atoms with E-state index in [0.29, 0.717) is 36.6 Å². The van der Waals surface area contributed by atoms with Gasteiger partial charge in [-0.15, -0.1) is 0 Å². The number of nitrogens with two attached hydrogens (primary N) is 1. The summed E-state index contributed by atoms with van der Waals surface area (Å²) in [5.41, 5.74) is 9.45. The fraction of sp³-hybridized carbons (Fsp3) is 0.462. The minimum absolute atomic E-state index is 0.273. The molecule has 0 spiro atoms. The molecule has 2 aromatic carbocycles. The number of anilines is 2. The average Bonchev–Trinajstić information content (AvgIpc) is 2.79. The van der Waals surface area contributed by atoms with E-state index in [1.165, 1.54) is 18.4 Å². The summed E-state index contributed by atoms with van der Waals surface area (Å²) in [6, 6.07) is 15.4. The van der Waals surface area contributed by atoms with Crippen molar-refractivity contribution < 1.29 is 14.7 Å². The van der Waals surface area contributed by atoms with E-state index in [1.54, 1.807) is 0 Å². The average molecular weight is 436 g/mol. The highest BCUT2D eigenvalue weighted by molar-refractivity contribution is 5.99. The van der Waals surface area contributed by atoms with E-state index in [-0.39, 0.29) is 6.03 Å². The van der Waals surface area contributed by atoms with E-state index >= 15 is 0 Å². The number of carboxylic acids is 1. The van der Waals surface area contributed by atoms with Gasteiger partial charge in [-0.25, -0.2) is 4.79 Å². The van der Waals surface area contributed by atoms with Crippen LogP contribution in [0.15, 0.2) is 48.5 Å². The maximum absolute atomic E-state index is 12.3. The quantitative estimate of drug-likeness (QED) is 0.476. The first-order valence-corrected chi connectivity index (χ1v) is 11.7. The second kappa shape index (κ2) is 10.2. The standard InChI is InChI=1S/C26H33N3O3/c27-16-18-2-1-3-24(13-18)29-26(32)28-23-10-8-19(9-11-23)21-7-6-20-12-17(14-25(30)31)4-5-22(20)15-21/h1-3,8-11,13,17,20-22H,4-7,12,14-16,27H2,(H,30,31)(H2,28,29,32). The highest BCUT2D eigenvalue weighted by Crippen LogP contribution is 2.48. The van der Waals surface area contributed by atoms with Crippen molar-refractivity contribution in [2.75, 3.05) is 10.6 Å². The fourth-order valence-electron chi connectivity index (χ4n) is 5.63. The van der Waals surface area contributed by atoms with Crippen molar-refractivity contribution in [2.45, 2.75) is 57.4 Å². The largest absolute Gasteiger partial charge is 0.481 e. The Morgan fingerprint density at radius 1 is 0.906 bits per heavy atom. The van der Waals surface area contributed by atoms with Crippen molar-refractivity contribution in [1.82, 2.24) is 0 Å². The molecule has 0 radical (unpaired) electrons. The summed E-state index contributed by atoms with van der Waals surface area (Å²) in [5, 5.41) is 14.8. The van der Waals surface area contributed by atoms with Crippen LogP contribution in [-0.2, 0) is 11.3 Å². The van der Waals surface area contributed by atoms with Crippen LogP contribution in [0.2, 0.25) is 0 Å². The zero-order valence-corrected chi connectivity index (χ0v) is 18.4. The summed E-state index contributed by atoms with van der Waals surface area (Å²) >= 11 is 0. The Kier molecular flexibility index (Phi) is 7.10. The summed E-state index contributed by atoms with van der Waals surface area (Å²) in [6.07, 6.45) is 7.15. The first kappa shape index (κ1) is 22.3. The Labute approximate surface area is 189 Å². The zero-order valence-electron chi connectivity index (χ0n) is 18.4. The monoisotopic (exact) mass is 435 g/mol. The van der Waals surface area contributed by atoms with Crippen LogP contribution in [0.5, 0.6) is 0 Å². The van der Waals surface area contributed by atoms with Gasteiger partial charge in [0.2, 0.25) is 0 Å². The number of aliphatic carboxylic acids is 1. The number of urea groups is 1. The van der Waals surface area contributed by atoms with Crippen molar-refractivity contribution >= 4 is 23.4 Å². The molecule has 0 aromatic heterocycles. The van der Waals surface area contributed by atoms with Gasteiger partial charge in [0.25, 0.3) is 0 Å². The number of carbonyl (C=O) groups excluding carboxylic acids is 1. The first-order valence-electron chi connectivity index (χ1n) is 11.7. The molecule has 2 aromatic rings. The molecule has 2 aliphatic rings. The van der Waals surface area contributed by atoms with Crippen LogP contribution in [0.3, 0.4) is 0 Å². The van der Waals surface area contributed by atoms with Gasteiger partial charge in [-0.3, -0.25) is 4.79 Å². The molecule has 4 unspecified atom stereocenters. The molecule has 0 heterocycles. The normalized spacial score (nSPS) is 24.9. The third-order valence-electron chi connectivity index (χ3n) is 7.25. The molecular weight excluding hydrogens is 402 g/mol. The number of nitrogens with one attached hydrogen (secondary N) is 2. The molecule has 0 saturated heterocycles. The topological polar surface area (TPSA) is 104 Å². The van der Waals surface area contributed by atoms with Crippen molar-refractivity contribution in [3.63, 3.8) is 0 Å². The van der Waals surface area contributed by atoms with Crippen LogP contribution in [0, 0.1) is 17.8 Å². The smallest absolute Gasteiger partial charge is 0.323 e. The second-order valence-corrected chi connectivity index (χ2v) is 9.41. The maximum Gasteiger partial charge on any atom is 0.323 e. The van der Waals surface area contributed by atoms with Gasteiger partial charge in [0.05, 0.1) is 0 Å². The summed E-state index contributed by atoms with van der Waals surface area (Å²) < 4.78 is 0. The number of rotatable bonds is 6. The molecule has 2 aliphatic carbocycles. The van der Waals surface area contributed by atoms with Gasteiger partial charge >= 0.3 is 12.0 Å². The van der Waals surface area contributed by atoms with E-state index in [4.69, 9.17) is 10.8 Å². The predicted octanol–water partition coefficient (Wildman–Crippen LogP) is 5.56. The van der Waals surface area contributed by atoms with Crippen molar-refractivity contribution in [3.05, 3.63) is 59.7 Å². The van der Waals surface area contributed by atoms with Crippen LogP contribution in [0.4, 0.5) is 16.2 Å². The summed E-state index contributed by atoms with van der Waals surface area (Å²) in [6.45, 7) is 0.435. The van der Waals surface area contributed by atoms with Crippen LogP contribution in [-0.4, -0.2) is 17.1 Å². The van der Waals surface area contributed by atoms with Crippen molar-refractivity contribution in [3.8, 4) is 0 Å². The van der Waals surface area contributed by atoms with Gasteiger partial charge in [-0.2, -0.15) is 0 Å². The molecule has 2 fully saturated rings. The SMILES string of the molecule is NCc1cccc(NC(=O)Nc2ccc(C3CCC4CC(CC(=O)O)CCC4C3)cc2)c1. The van der Waals surface area contributed by atoms with Crippen LogP contribution in [0.25, 0.3) is 0 Å². The Hall–Kier alpha value is -2.86. The van der Waals surface area contributed by atoms with Gasteiger partial charge in [-0.05, 0) is 97.6 Å². The van der Waals surface area contributed by atoms with E-state index < -0.39 is 5.97 Å². The lowest BCUT2D eigenvalue weighted by molar-refractivity contribution is -0.138. The molecule has 0 bridgehead atoms. The molecular formula is C26H33N3O3. The van der Waals surface area contributed by atoms with E-state index in [2.05, 4.69) is 22.8 Å². The van der Waals surface area contributed by atoms with Gasteiger partial charge in [0.1, 0.15) is 0 Å². The Balaban J connectivity index is 1.29. The molecule has 2 saturated carbocycles. The van der Waals surface area contributed by atoms with E-state index in [1.807, 2.05) is 36.4 Å². The van der Waals surface area contributed by atoms with Crippen LogP contribution < -0.4 is 16.4 Å². The Bertz CT molecular complexity index is 944. The van der Waals surface area contributed by atoms with Gasteiger partial charge in [-0.1, -0.05) is 24.3 Å². The van der Waals surface area contributed by atoms with E-state index in [0.717, 1.165) is 42.6 Å². The molecule has 170 valence electrons. The molecule has 2 amide bonds. The number of hydrogen-bond acceptors (Lipinski definition) is 3. The number of hydrogen-bond donors (Lipinski definition) is 4. The minimum atomic E-state index is -0.659. The second-order valence-electron chi connectivity index (χ2n) is 9.41. The molecule has 32 heavy (non-hydrogen) atoms. The number of fused-ring (bicyclic) bond motifs is 1. The predicted molar refractivity (Wildman–Crippen MR) is 127 cm³/mol. The summed E-state index contributed by atoms with van der Waals surface area (Å²) in [5.74, 6) is 1.65. The molecule has 6 nitrogen and oxygen atoms in total. The summed E-state index contributed by atoms with van der Waals surface area (Å²) in [4.78, 5) is 23.4.